The fourth-order valence-corrected chi connectivity index (χ4v) is 5.34. The van der Waals surface area contributed by atoms with Crippen LogP contribution < -0.4 is 0 Å². The number of hydrogen-bond acceptors (Lipinski definition) is 0. The van der Waals surface area contributed by atoms with Gasteiger partial charge in [0.05, 0.1) is 5.41 Å². The Bertz CT molecular complexity index is 1050. The first-order valence-electron chi connectivity index (χ1n) is 9.38. The maximum absolute atomic E-state index is 2.39. The van der Waals surface area contributed by atoms with E-state index in [0.29, 0.717) is 0 Å². The summed E-state index contributed by atoms with van der Waals surface area (Å²) in [7, 11) is 0. The Balaban J connectivity index is 1.94. The summed E-state index contributed by atoms with van der Waals surface area (Å²) in [6.45, 7) is 0. The Morgan fingerprint density at radius 3 is 1.32 bits per heavy atom. The molecule has 2 heteroatoms. The monoisotopic (exact) mass is 584 g/mol. The molecule has 0 amide bonds. The van der Waals surface area contributed by atoms with Crippen LogP contribution in [0.15, 0.2) is 97.1 Å². The summed E-state index contributed by atoms with van der Waals surface area (Å²) >= 11 is 4.78. The maximum atomic E-state index is 2.39. The quantitative estimate of drug-likeness (QED) is 0.193. The molecule has 0 radical (unpaired) electrons. The zero-order chi connectivity index (χ0) is 19.1. The Kier molecular flexibility index (Phi) is 4.79. The van der Waals surface area contributed by atoms with Gasteiger partial charge in [-0.2, -0.15) is 0 Å². The van der Waals surface area contributed by atoms with Gasteiger partial charge in [-0.25, -0.2) is 0 Å². The van der Waals surface area contributed by atoms with Crippen LogP contribution in [0.25, 0.3) is 0 Å². The summed E-state index contributed by atoms with van der Waals surface area (Å²) in [5.41, 5.74) is 7.99. The van der Waals surface area contributed by atoms with Crippen LogP contribution in [0.1, 0.15) is 33.4 Å². The Morgan fingerprint density at radius 1 is 0.500 bits per heavy atom. The molecule has 1 aliphatic rings. The van der Waals surface area contributed by atoms with Crippen molar-refractivity contribution in [2.75, 3.05) is 0 Å². The van der Waals surface area contributed by atoms with Gasteiger partial charge in [-0.15, -0.1) is 0 Å². The molecule has 0 aromatic heterocycles. The summed E-state index contributed by atoms with van der Waals surface area (Å²) in [4.78, 5) is 0. The third-order valence-corrected chi connectivity index (χ3v) is 7.22. The van der Waals surface area contributed by atoms with Gasteiger partial charge in [0, 0.05) is 7.14 Å². The summed E-state index contributed by atoms with van der Waals surface area (Å²) in [6.07, 6.45) is 0.989. The second-order valence-electron chi connectivity index (χ2n) is 7.25. The topological polar surface area (TPSA) is 0 Å². The van der Waals surface area contributed by atoms with E-state index < -0.39 is 0 Å². The van der Waals surface area contributed by atoms with Crippen LogP contribution in [0.2, 0.25) is 0 Å². The molecule has 0 heterocycles. The highest BCUT2D eigenvalue weighted by Gasteiger charge is 2.43. The highest BCUT2D eigenvalue weighted by atomic mass is 127. The Morgan fingerprint density at radius 2 is 0.893 bits per heavy atom. The lowest BCUT2D eigenvalue weighted by molar-refractivity contribution is 0.703. The van der Waals surface area contributed by atoms with E-state index in [-0.39, 0.29) is 5.41 Å². The van der Waals surface area contributed by atoms with Crippen LogP contribution in [-0.4, -0.2) is 0 Å². The standard InChI is InChI=1S/C26H18I2/c27-22-13-9-20(10-14-22)26(21-11-15-23(28)16-12-21)24-7-3-1-5-18(24)17-19-6-2-4-8-25(19)26/h1-16H,17H2. The van der Waals surface area contributed by atoms with Crippen molar-refractivity contribution in [3.05, 3.63) is 138 Å². The second-order valence-corrected chi connectivity index (χ2v) is 9.75. The third-order valence-electron chi connectivity index (χ3n) is 5.78. The molecule has 4 aromatic rings. The van der Waals surface area contributed by atoms with Crippen molar-refractivity contribution in [2.45, 2.75) is 11.8 Å². The first kappa shape index (κ1) is 18.4. The van der Waals surface area contributed by atoms with E-state index in [9.17, 15) is 0 Å². The summed E-state index contributed by atoms with van der Waals surface area (Å²) < 4.78 is 2.52. The first-order valence-corrected chi connectivity index (χ1v) is 11.5. The van der Waals surface area contributed by atoms with Crippen LogP contribution in [0.5, 0.6) is 0 Å². The van der Waals surface area contributed by atoms with Gasteiger partial charge >= 0.3 is 0 Å². The average molecular weight is 584 g/mol. The SMILES string of the molecule is Ic1ccc(C2(c3ccc(I)cc3)c3ccccc3Cc3ccccc32)cc1. The molecule has 0 saturated heterocycles. The van der Waals surface area contributed by atoms with E-state index in [2.05, 4.69) is 142 Å². The van der Waals surface area contributed by atoms with Crippen LogP contribution in [-0.2, 0) is 11.8 Å². The molecule has 0 atom stereocenters. The molecule has 0 N–H and O–H groups in total. The van der Waals surface area contributed by atoms with Crippen molar-refractivity contribution in [1.29, 1.82) is 0 Å². The van der Waals surface area contributed by atoms with E-state index in [0.717, 1.165) is 6.42 Å². The van der Waals surface area contributed by atoms with Crippen molar-refractivity contribution in [1.82, 2.24) is 0 Å². The van der Waals surface area contributed by atoms with Crippen LogP contribution >= 0.6 is 45.2 Å². The summed E-state index contributed by atoms with van der Waals surface area (Å²) in [5, 5.41) is 0. The molecule has 0 fully saturated rings. The zero-order valence-electron chi connectivity index (χ0n) is 15.2. The normalized spacial score (nSPS) is 14.2. The molecule has 0 unspecified atom stereocenters. The molecule has 4 aromatic carbocycles. The summed E-state index contributed by atoms with van der Waals surface area (Å²) in [5.74, 6) is 0. The van der Waals surface area contributed by atoms with Crippen molar-refractivity contribution in [3.8, 4) is 0 Å². The van der Waals surface area contributed by atoms with Gasteiger partial charge in [-0.05, 0) is 109 Å². The molecule has 0 bridgehead atoms. The molecule has 28 heavy (non-hydrogen) atoms. The maximum Gasteiger partial charge on any atom is 0.0707 e. The molecule has 0 saturated carbocycles. The van der Waals surface area contributed by atoms with Crippen LogP contribution in [0.4, 0.5) is 0 Å². The molecule has 0 nitrogen and oxygen atoms in total. The fraction of sp³-hybridized carbons (Fsp3) is 0.0769. The minimum absolute atomic E-state index is 0.292. The number of fused-ring (bicyclic) bond motifs is 2. The fourth-order valence-electron chi connectivity index (χ4n) is 4.62. The van der Waals surface area contributed by atoms with Crippen LogP contribution in [0.3, 0.4) is 0 Å². The number of benzene rings is 4. The minimum Gasteiger partial charge on any atom is -0.0620 e. The largest absolute Gasteiger partial charge is 0.0707 e. The van der Waals surface area contributed by atoms with Gasteiger partial charge in [-0.3, -0.25) is 0 Å². The Hall–Kier alpha value is -1.66. The van der Waals surface area contributed by atoms with Gasteiger partial charge in [0.25, 0.3) is 0 Å². The van der Waals surface area contributed by atoms with Gasteiger partial charge in [0.1, 0.15) is 0 Å². The number of rotatable bonds is 2. The third kappa shape index (κ3) is 2.84. The molecule has 0 spiro atoms. The second kappa shape index (κ2) is 7.30. The lowest BCUT2D eigenvalue weighted by Crippen LogP contribution is -2.36. The number of halogens is 2. The lowest BCUT2D eigenvalue weighted by atomic mass is 9.60. The minimum atomic E-state index is -0.292. The van der Waals surface area contributed by atoms with Crippen molar-refractivity contribution in [3.63, 3.8) is 0 Å². The molecule has 5 rings (SSSR count). The Labute approximate surface area is 193 Å². The predicted molar refractivity (Wildman–Crippen MR) is 133 cm³/mol. The van der Waals surface area contributed by atoms with E-state index in [4.69, 9.17) is 0 Å². The van der Waals surface area contributed by atoms with Gasteiger partial charge in [0.2, 0.25) is 0 Å². The van der Waals surface area contributed by atoms with Crippen molar-refractivity contribution in [2.24, 2.45) is 0 Å². The molecule has 136 valence electrons. The molecular formula is C26H18I2. The zero-order valence-corrected chi connectivity index (χ0v) is 19.5. The number of hydrogen-bond donors (Lipinski definition) is 0. The first-order chi connectivity index (χ1) is 13.7. The van der Waals surface area contributed by atoms with Crippen molar-refractivity contribution < 1.29 is 0 Å². The summed E-state index contributed by atoms with van der Waals surface area (Å²) in [6, 6.07) is 36.0. The highest BCUT2D eigenvalue weighted by Crippen LogP contribution is 2.50. The highest BCUT2D eigenvalue weighted by molar-refractivity contribution is 14.1. The molecule has 1 aliphatic carbocycles. The van der Waals surface area contributed by atoms with E-state index in [1.165, 1.54) is 40.5 Å². The van der Waals surface area contributed by atoms with Crippen molar-refractivity contribution >= 4 is 45.2 Å². The average Bonchev–Trinajstić information content (AvgIpc) is 2.73. The van der Waals surface area contributed by atoms with E-state index >= 15 is 0 Å². The van der Waals surface area contributed by atoms with E-state index in [1.54, 1.807) is 0 Å². The predicted octanol–water partition coefficient (Wildman–Crippen LogP) is 7.18. The van der Waals surface area contributed by atoms with E-state index in [1.807, 2.05) is 0 Å². The van der Waals surface area contributed by atoms with Gasteiger partial charge in [-0.1, -0.05) is 72.8 Å². The van der Waals surface area contributed by atoms with Gasteiger partial charge in [0.15, 0.2) is 0 Å². The lowest BCUT2D eigenvalue weighted by Gasteiger charge is -2.42. The van der Waals surface area contributed by atoms with Gasteiger partial charge < -0.3 is 0 Å². The smallest absolute Gasteiger partial charge is 0.0620 e. The van der Waals surface area contributed by atoms with Crippen LogP contribution in [0, 0.1) is 7.14 Å². The molecule has 0 aliphatic heterocycles. The molecular weight excluding hydrogens is 566 g/mol.